The lowest BCUT2D eigenvalue weighted by molar-refractivity contribution is 0.0970. The van der Waals surface area contributed by atoms with E-state index in [2.05, 4.69) is 0 Å². The first kappa shape index (κ1) is 18.5. The first-order valence-electron chi connectivity index (χ1n) is 9.05. The molecule has 0 aliphatic carbocycles. The molecule has 30 heavy (non-hydrogen) atoms. The number of fused-ring (bicyclic) bond motifs is 2. The van der Waals surface area contributed by atoms with Gasteiger partial charge in [-0.15, -0.1) is 0 Å². The molecule has 0 N–H and O–H groups in total. The fraction of sp³-hybridized carbons (Fsp3) is 0.0435. The van der Waals surface area contributed by atoms with Gasteiger partial charge < -0.3 is 4.42 Å². The number of benzene rings is 3. The smallest absolute Gasteiger partial charge is 0.295 e. The largest absolute Gasteiger partial charge is 0.450 e. The molecule has 1 aromatic heterocycles. The van der Waals surface area contributed by atoms with Gasteiger partial charge in [0, 0.05) is 16.3 Å². The van der Waals surface area contributed by atoms with Crippen molar-refractivity contribution in [2.24, 2.45) is 0 Å². The van der Waals surface area contributed by atoms with Crippen LogP contribution in [0.1, 0.15) is 27.7 Å². The Morgan fingerprint density at radius 3 is 2.40 bits per heavy atom. The van der Waals surface area contributed by atoms with Gasteiger partial charge in [0.1, 0.15) is 17.2 Å². The summed E-state index contributed by atoms with van der Waals surface area (Å²) in [6.45, 7) is 0. The van der Waals surface area contributed by atoms with Crippen LogP contribution in [0.2, 0.25) is 5.02 Å². The molecular weight excluding hydrogens is 412 g/mol. The van der Waals surface area contributed by atoms with E-state index in [1.54, 1.807) is 12.1 Å². The number of amides is 1. The summed E-state index contributed by atoms with van der Waals surface area (Å²) in [5.41, 5.74) is 0.180. The number of halogens is 3. The van der Waals surface area contributed by atoms with Crippen molar-refractivity contribution in [3.05, 3.63) is 110 Å². The molecule has 1 atom stereocenters. The molecule has 0 saturated carbocycles. The number of anilines is 1. The van der Waals surface area contributed by atoms with Crippen molar-refractivity contribution in [1.82, 2.24) is 0 Å². The zero-order chi connectivity index (χ0) is 21.0. The number of carbonyl (C=O) groups excluding carboxylic acids is 1. The molecule has 2 heterocycles. The first-order valence-corrected chi connectivity index (χ1v) is 9.43. The fourth-order valence-electron chi connectivity index (χ4n) is 3.80. The van der Waals surface area contributed by atoms with Crippen molar-refractivity contribution < 1.29 is 18.0 Å². The molecule has 1 amide bonds. The number of hydrogen-bond donors (Lipinski definition) is 0. The summed E-state index contributed by atoms with van der Waals surface area (Å²) < 4.78 is 34.0. The molecular formula is C23H12ClF2NO3. The zero-order valence-electron chi connectivity index (χ0n) is 15.2. The molecule has 1 aliphatic heterocycles. The third-order valence-electron chi connectivity index (χ3n) is 5.14. The normalized spacial score (nSPS) is 15.6. The minimum Gasteiger partial charge on any atom is -0.450 e. The van der Waals surface area contributed by atoms with Gasteiger partial charge in [-0.1, -0.05) is 29.8 Å². The molecule has 4 aromatic rings. The molecule has 1 unspecified atom stereocenters. The second-order valence-corrected chi connectivity index (χ2v) is 7.33. The van der Waals surface area contributed by atoms with Crippen LogP contribution in [0.25, 0.3) is 11.0 Å². The van der Waals surface area contributed by atoms with Crippen LogP contribution in [0, 0.1) is 11.6 Å². The maximum atomic E-state index is 14.8. The third kappa shape index (κ3) is 2.72. The van der Waals surface area contributed by atoms with Crippen molar-refractivity contribution in [1.29, 1.82) is 0 Å². The maximum absolute atomic E-state index is 14.8. The monoisotopic (exact) mass is 423 g/mol. The molecule has 3 aromatic carbocycles. The topological polar surface area (TPSA) is 50.5 Å². The van der Waals surface area contributed by atoms with Gasteiger partial charge in [-0.25, -0.2) is 8.78 Å². The Balaban J connectivity index is 1.84. The summed E-state index contributed by atoms with van der Waals surface area (Å²) >= 11 is 6.03. The zero-order valence-corrected chi connectivity index (χ0v) is 16.0. The van der Waals surface area contributed by atoms with E-state index in [4.69, 9.17) is 16.0 Å². The van der Waals surface area contributed by atoms with Crippen LogP contribution in [-0.4, -0.2) is 5.91 Å². The highest BCUT2D eigenvalue weighted by Gasteiger charge is 2.44. The molecule has 0 fully saturated rings. The van der Waals surface area contributed by atoms with Crippen molar-refractivity contribution in [3.63, 3.8) is 0 Å². The Morgan fingerprint density at radius 2 is 1.67 bits per heavy atom. The molecule has 0 radical (unpaired) electrons. The van der Waals surface area contributed by atoms with E-state index in [-0.39, 0.29) is 27.9 Å². The van der Waals surface area contributed by atoms with E-state index in [0.717, 1.165) is 0 Å². The Hall–Kier alpha value is -3.51. The number of rotatable bonds is 2. The van der Waals surface area contributed by atoms with Crippen LogP contribution in [0.15, 0.2) is 75.9 Å². The second-order valence-electron chi connectivity index (χ2n) is 6.89. The summed E-state index contributed by atoms with van der Waals surface area (Å²) in [6.07, 6.45) is 0. The van der Waals surface area contributed by atoms with E-state index in [1.165, 1.54) is 59.5 Å². The molecule has 5 rings (SSSR count). The average molecular weight is 424 g/mol. The number of carbonyl (C=O) groups is 1. The van der Waals surface area contributed by atoms with Crippen LogP contribution < -0.4 is 10.3 Å². The predicted octanol–water partition coefficient (Wildman–Crippen LogP) is 5.47. The summed E-state index contributed by atoms with van der Waals surface area (Å²) in [5.74, 6) is -1.85. The minimum atomic E-state index is -1.07. The molecule has 148 valence electrons. The van der Waals surface area contributed by atoms with E-state index < -0.39 is 29.0 Å². The third-order valence-corrected chi connectivity index (χ3v) is 5.37. The van der Waals surface area contributed by atoms with Gasteiger partial charge in [0.25, 0.3) is 5.91 Å². The highest BCUT2D eigenvalue weighted by atomic mass is 35.5. The molecule has 4 nitrogen and oxygen atoms in total. The molecule has 1 aliphatic rings. The quantitative estimate of drug-likeness (QED) is 0.429. The van der Waals surface area contributed by atoms with Gasteiger partial charge in [-0.05, 0) is 48.5 Å². The van der Waals surface area contributed by atoms with E-state index >= 15 is 0 Å². The van der Waals surface area contributed by atoms with Gasteiger partial charge in [-0.3, -0.25) is 14.5 Å². The minimum absolute atomic E-state index is 0.0178. The summed E-state index contributed by atoms with van der Waals surface area (Å²) in [6, 6.07) is 14.5. The van der Waals surface area contributed by atoms with Crippen LogP contribution >= 0.6 is 11.6 Å². The SMILES string of the molecule is O=C1c2oc3ccc(Cl)cc3c(=O)c2C(c2ccccc2F)N1c1ccc(F)cc1. The Morgan fingerprint density at radius 1 is 0.933 bits per heavy atom. The Kier molecular flexibility index (Phi) is 4.18. The van der Waals surface area contributed by atoms with Crippen LogP contribution in [0.4, 0.5) is 14.5 Å². The first-order chi connectivity index (χ1) is 14.5. The highest BCUT2D eigenvalue weighted by Crippen LogP contribution is 2.42. The van der Waals surface area contributed by atoms with Crippen molar-refractivity contribution in [2.45, 2.75) is 6.04 Å². The highest BCUT2D eigenvalue weighted by molar-refractivity contribution is 6.31. The summed E-state index contributed by atoms with van der Waals surface area (Å²) in [7, 11) is 0. The van der Waals surface area contributed by atoms with Gasteiger partial charge in [0.15, 0.2) is 5.43 Å². The Bertz CT molecular complexity index is 1380. The van der Waals surface area contributed by atoms with E-state index in [9.17, 15) is 18.4 Å². The predicted molar refractivity (Wildman–Crippen MR) is 109 cm³/mol. The van der Waals surface area contributed by atoms with E-state index in [1.807, 2.05) is 0 Å². The lowest BCUT2D eigenvalue weighted by Crippen LogP contribution is -2.30. The second kappa shape index (κ2) is 6.78. The van der Waals surface area contributed by atoms with Crippen molar-refractivity contribution in [2.75, 3.05) is 4.90 Å². The lowest BCUT2D eigenvalue weighted by Gasteiger charge is -2.25. The average Bonchev–Trinajstić information content (AvgIpc) is 3.02. The van der Waals surface area contributed by atoms with Crippen molar-refractivity contribution >= 4 is 34.2 Å². The standard InChI is InChI=1S/C23H12ClF2NO3/c24-12-5-10-18-16(11-12)21(28)19-20(15-3-1-2-4-17(15)26)27(23(29)22(19)30-18)14-8-6-13(25)7-9-14/h1-11,20H. The van der Waals surface area contributed by atoms with E-state index in [0.29, 0.717) is 10.7 Å². The molecule has 0 bridgehead atoms. The van der Waals surface area contributed by atoms with Gasteiger partial charge in [0.2, 0.25) is 5.76 Å². The summed E-state index contributed by atoms with van der Waals surface area (Å²) in [5, 5.41) is 0.522. The number of hydrogen-bond acceptors (Lipinski definition) is 3. The number of nitrogens with zero attached hydrogens (tertiary/aromatic N) is 1. The van der Waals surface area contributed by atoms with Crippen LogP contribution in [-0.2, 0) is 0 Å². The fourth-order valence-corrected chi connectivity index (χ4v) is 3.98. The Labute approximate surface area is 173 Å². The maximum Gasteiger partial charge on any atom is 0.295 e. The molecule has 0 saturated heterocycles. The van der Waals surface area contributed by atoms with Crippen molar-refractivity contribution in [3.8, 4) is 0 Å². The molecule has 0 spiro atoms. The van der Waals surface area contributed by atoms with Gasteiger partial charge in [0.05, 0.1) is 17.0 Å². The van der Waals surface area contributed by atoms with Gasteiger partial charge >= 0.3 is 0 Å². The van der Waals surface area contributed by atoms with Gasteiger partial charge in [-0.2, -0.15) is 0 Å². The molecule has 7 heteroatoms. The summed E-state index contributed by atoms with van der Waals surface area (Å²) in [4.78, 5) is 27.9. The lowest BCUT2D eigenvalue weighted by atomic mass is 9.98. The van der Waals surface area contributed by atoms with Crippen LogP contribution in [0.3, 0.4) is 0 Å². The van der Waals surface area contributed by atoms with Crippen LogP contribution in [0.5, 0.6) is 0 Å².